The molecule has 1 aromatic carbocycles. The molecule has 1 unspecified atom stereocenters. The van der Waals surface area contributed by atoms with Gasteiger partial charge in [0.1, 0.15) is 5.82 Å². The topological polar surface area (TPSA) is 55.9 Å². The van der Waals surface area contributed by atoms with E-state index in [0.29, 0.717) is 16.5 Å². The van der Waals surface area contributed by atoms with E-state index in [9.17, 15) is 0 Å². The van der Waals surface area contributed by atoms with Crippen LogP contribution < -0.4 is 11.3 Å². The number of imidazole rings is 1. The molecule has 0 bridgehead atoms. The molecule has 0 saturated carbocycles. The normalized spacial score (nSPS) is 12.7. The van der Waals surface area contributed by atoms with Crippen molar-refractivity contribution in [3.8, 4) is 0 Å². The van der Waals surface area contributed by atoms with Crippen LogP contribution in [0.2, 0.25) is 10.0 Å². The summed E-state index contributed by atoms with van der Waals surface area (Å²) in [5.41, 5.74) is 3.67. The number of benzene rings is 1. The maximum absolute atomic E-state index is 6.18. The fraction of sp³-hybridized carbons (Fsp3) is 0.250. The van der Waals surface area contributed by atoms with Gasteiger partial charge in [-0.2, -0.15) is 0 Å². The Labute approximate surface area is 116 Å². The second-order valence-electron chi connectivity index (χ2n) is 4.04. The highest BCUT2D eigenvalue weighted by Gasteiger charge is 2.16. The number of aromatic nitrogens is 2. The lowest BCUT2D eigenvalue weighted by Gasteiger charge is -2.17. The van der Waals surface area contributed by atoms with Gasteiger partial charge in [-0.25, -0.2) is 4.98 Å². The Morgan fingerprint density at radius 3 is 2.78 bits per heavy atom. The Bertz CT molecular complexity index is 539. The molecule has 4 nitrogen and oxygen atoms in total. The molecule has 0 aliphatic rings. The van der Waals surface area contributed by atoms with Gasteiger partial charge in [0.25, 0.3) is 0 Å². The lowest BCUT2D eigenvalue weighted by molar-refractivity contribution is 0.530. The van der Waals surface area contributed by atoms with Crippen molar-refractivity contribution < 1.29 is 0 Å². The molecule has 0 saturated heterocycles. The molecule has 2 rings (SSSR count). The lowest BCUT2D eigenvalue weighted by atomic mass is 10.0. The third kappa shape index (κ3) is 2.84. The van der Waals surface area contributed by atoms with Gasteiger partial charge in [0, 0.05) is 35.9 Å². The van der Waals surface area contributed by atoms with Gasteiger partial charge in [0.2, 0.25) is 0 Å². The van der Waals surface area contributed by atoms with Crippen LogP contribution in [0, 0.1) is 0 Å². The highest BCUT2D eigenvalue weighted by atomic mass is 35.5. The molecule has 0 spiro atoms. The predicted molar refractivity (Wildman–Crippen MR) is 73.4 cm³/mol. The molecule has 3 N–H and O–H groups in total. The van der Waals surface area contributed by atoms with Gasteiger partial charge < -0.3 is 4.57 Å². The molecule has 96 valence electrons. The van der Waals surface area contributed by atoms with Crippen molar-refractivity contribution in [3.05, 3.63) is 52.0 Å². The van der Waals surface area contributed by atoms with E-state index >= 15 is 0 Å². The highest BCUT2D eigenvalue weighted by Crippen LogP contribution is 2.27. The van der Waals surface area contributed by atoms with Crippen LogP contribution in [0.5, 0.6) is 0 Å². The fourth-order valence-corrected chi connectivity index (χ4v) is 2.36. The first kappa shape index (κ1) is 13.4. The number of rotatable bonds is 4. The van der Waals surface area contributed by atoms with Crippen molar-refractivity contribution in [2.75, 3.05) is 0 Å². The van der Waals surface area contributed by atoms with Crippen LogP contribution in [0.25, 0.3) is 0 Å². The Hall–Kier alpha value is -1.07. The van der Waals surface area contributed by atoms with Crippen molar-refractivity contribution in [1.29, 1.82) is 0 Å². The number of nitrogens with zero attached hydrogens (tertiary/aromatic N) is 2. The fourth-order valence-electron chi connectivity index (χ4n) is 1.82. The zero-order chi connectivity index (χ0) is 13.1. The van der Waals surface area contributed by atoms with Crippen molar-refractivity contribution in [1.82, 2.24) is 15.0 Å². The zero-order valence-corrected chi connectivity index (χ0v) is 11.4. The molecule has 2 aromatic rings. The van der Waals surface area contributed by atoms with E-state index in [-0.39, 0.29) is 6.04 Å². The summed E-state index contributed by atoms with van der Waals surface area (Å²) < 4.78 is 1.95. The Morgan fingerprint density at radius 2 is 2.22 bits per heavy atom. The van der Waals surface area contributed by atoms with E-state index in [1.54, 1.807) is 18.3 Å². The van der Waals surface area contributed by atoms with Crippen LogP contribution in [-0.4, -0.2) is 9.55 Å². The van der Waals surface area contributed by atoms with Gasteiger partial charge in [0.05, 0.1) is 6.04 Å². The number of hydrogen-bond donors (Lipinski definition) is 2. The van der Waals surface area contributed by atoms with Crippen LogP contribution in [0.1, 0.15) is 17.4 Å². The molecule has 1 atom stereocenters. The predicted octanol–water partition coefficient (Wildman–Crippen LogP) is 2.47. The molecular weight excluding hydrogens is 271 g/mol. The number of hydrazine groups is 1. The van der Waals surface area contributed by atoms with Crippen LogP contribution in [-0.2, 0) is 13.5 Å². The van der Waals surface area contributed by atoms with E-state index in [1.807, 2.05) is 23.9 Å². The van der Waals surface area contributed by atoms with Gasteiger partial charge in [-0.05, 0) is 17.7 Å². The second kappa shape index (κ2) is 5.71. The van der Waals surface area contributed by atoms with Crippen LogP contribution in [0.3, 0.4) is 0 Å². The number of halogens is 2. The van der Waals surface area contributed by atoms with Crippen LogP contribution >= 0.6 is 23.2 Å². The minimum Gasteiger partial charge on any atom is -0.338 e. The summed E-state index contributed by atoms with van der Waals surface area (Å²) in [4.78, 5) is 4.27. The van der Waals surface area contributed by atoms with Crippen molar-refractivity contribution in [3.63, 3.8) is 0 Å². The smallest absolute Gasteiger partial charge is 0.110 e. The molecule has 0 aliphatic heterocycles. The van der Waals surface area contributed by atoms with E-state index in [0.717, 1.165) is 11.4 Å². The summed E-state index contributed by atoms with van der Waals surface area (Å²) in [5.74, 6) is 6.53. The SMILES string of the molecule is Cn1ccnc1CC(NN)c1ccc(Cl)cc1Cl. The third-order valence-corrected chi connectivity index (χ3v) is 3.41. The minimum absolute atomic E-state index is 0.101. The maximum Gasteiger partial charge on any atom is 0.110 e. The molecule has 0 radical (unpaired) electrons. The number of nitrogens with two attached hydrogens (primary N) is 1. The first-order valence-electron chi connectivity index (χ1n) is 5.49. The summed E-state index contributed by atoms with van der Waals surface area (Å²) in [6.07, 6.45) is 4.31. The average molecular weight is 285 g/mol. The molecule has 0 aliphatic carbocycles. The molecule has 0 fully saturated rings. The third-order valence-electron chi connectivity index (χ3n) is 2.85. The highest BCUT2D eigenvalue weighted by molar-refractivity contribution is 6.35. The second-order valence-corrected chi connectivity index (χ2v) is 4.89. The van der Waals surface area contributed by atoms with Crippen LogP contribution in [0.4, 0.5) is 0 Å². The molecular formula is C12H14Cl2N4. The Balaban J connectivity index is 2.26. The molecule has 1 heterocycles. The minimum atomic E-state index is -0.101. The largest absolute Gasteiger partial charge is 0.338 e. The zero-order valence-electron chi connectivity index (χ0n) is 9.90. The molecule has 1 aromatic heterocycles. The summed E-state index contributed by atoms with van der Waals surface area (Å²) in [7, 11) is 1.94. The van der Waals surface area contributed by atoms with E-state index in [4.69, 9.17) is 29.0 Å². The summed E-state index contributed by atoms with van der Waals surface area (Å²) in [5, 5.41) is 1.20. The first-order valence-corrected chi connectivity index (χ1v) is 6.24. The van der Waals surface area contributed by atoms with Gasteiger partial charge in [-0.15, -0.1) is 0 Å². The van der Waals surface area contributed by atoms with Gasteiger partial charge in [0.15, 0.2) is 0 Å². The summed E-state index contributed by atoms with van der Waals surface area (Å²) in [6, 6.07) is 5.28. The Kier molecular flexibility index (Phi) is 4.24. The first-order chi connectivity index (χ1) is 8.61. The average Bonchev–Trinajstić information content (AvgIpc) is 2.73. The van der Waals surface area contributed by atoms with Gasteiger partial charge >= 0.3 is 0 Å². The van der Waals surface area contributed by atoms with Gasteiger partial charge in [-0.3, -0.25) is 11.3 Å². The van der Waals surface area contributed by atoms with Crippen molar-refractivity contribution in [2.45, 2.75) is 12.5 Å². The molecule has 18 heavy (non-hydrogen) atoms. The number of hydrogen-bond acceptors (Lipinski definition) is 3. The van der Waals surface area contributed by atoms with Crippen LogP contribution in [0.15, 0.2) is 30.6 Å². The quantitative estimate of drug-likeness (QED) is 0.670. The van der Waals surface area contributed by atoms with Gasteiger partial charge in [-0.1, -0.05) is 29.3 Å². The number of nitrogens with one attached hydrogen (secondary N) is 1. The maximum atomic E-state index is 6.18. The van der Waals surface area contributed by atoms with E-state index in [2.05, 4.69) is 10.4 Å². The lowest BCUT2D eigenvalue weighted by Crippen LogP contribution is -2.30. The summed E-state index contributed by atoms with van der Waals surface area (Å²) in [6.45, 7) is 0. The monoisotopic (exact) mass is 284 g/mol. The van der Waals surface area contributed by atoms with Crippen molar-refractivity contribution in [2.24, 2.45) is 12.9 Å². The van der Waals surface area contributed by atoms with Crippen molar-refractivity contribution >= 4 is 23.2 Å². The standard InChI is InChI=1S/C12H14Cl2N4/c1-18-5-4-16-12(18)7-11(17-15)9-3-2-8(13)6-10(9)14/h2-6,11,17H,7,15H2,1H3. The van der Waals surface area contributed by atoms with E-state index in [1.165, 1.54) is 0 Å². The summed E-state index contributed by atoms with van der Waals surface area (Å²) >= 11 is 12.1. The molecule has 6 heteroatoms. The Morgan fingerprint density at radius 1 is 1.44 bits per heavy atom. The van der Waals surface area contributed by atoms with E-state index < -0.39 is 0 Å². The number of aryl methyl sites for hydroxylation is 1. The molecule has 0 amide bonds.